The van der Waals surface area contributed by atoms with Crippen molar-refractivity contribution in [3.63, 3.8) is 0 Å². The maximum atomic E-state index is 12.5. The zero-order valence-corrected chi connectivity index (χ0v) is 15.0. The second kappa shape index (κ2) is 8.39. The van der Waals surface area contributed by atoms with Crippen molar-refractivity contribution in [1.29, 1.82) is 0 Å². The predicted octanol–water partition coefficient (Wildman–Crippen LogP) is 3.23. The topological polar surface area (TPSA) is 49.4 Å². The molecule has 0 radical (unpaired) electrons. The molecule has 0 aliphatic carbocycles. The first-order valence-electron chi connectivity index (χ1n) is 8.27. The number of hydrogen-bond donors (Lipinski definition) is 1. The lowest BCUT2D eigenvalue weighted by Gasteiger charge is -2.32. The highest BCUT2D eigenvalue weighted by Gasteiger charge is 2.28. The van der Waals surface area contributed by atoms with Crippen LogP contribution >= 0.6 is 11.8 Å². The van der Waals surface area contributed by atoms with Crippen molar-refractivity contribution in [2.45, 2.75) is 44.0 Å². The standard InChI is InChI=1S/C18H26N2O2S/c1-4-17(21)20-11-5-6-15(12-20)18(22)19-13(2)14-7-9-16(23-3)10-8-14/h7-10,13,15H,4-6,11-12H2,1-3H3,(H,19,22). The third-order valence-electron chi connectivity index (χ3n) is 4.42. The molecule has 23 heavy (non-hydrogen) atoms. The molecule has 1 aliphatic heterocycles. The minimum atomic E-state index is -0.0906. The molecule has 2 rings (SSSR count). The molecule has 0 bridgehead atoms. The predicted molar refractivity (Wildman–Crippen MR) is 94.4 cm³/mol. The number of rotatable bonds is 5. The maximum Gasteiger partial charge on any atom is 0.225 e. The van der Waals surface area contributed by atoms with Crippen LogP contribution in [0.2, 0.25) is 0 Å². The number of piperidine rings is 1. The van der Waals surface area contributed by atoms with Gasteiger partial charge in [-0.25, -0.2) is 0 Å². The van der Waals surface area contributed by atoms with Crippen molar-refractivity contribution in [3.05, 3.63) is 29.8 Å². The van der Waals surface area contributed by atoms with E-state index in [1.807, 2.05) is 25.0 Å². The monoisotopic (exact) mass is 334 g/mol. The molecule has 126 valence electrons. The Morgan fingerprint density at radius 3 is 2.65 bits per heavy atom. The summed E-state index contributed by atoms with van der Waals surface area (Å²) in [7, 11) is 0. The van der Waals surface area contributed by atoms with Gasteiger partial charge in [0.15, 0.2) is 0 Å². The SMILES string of the molecule is CCC(=O)N1CCCC(C(=O)NC(C)c2ccc(SC)cc2)C1. The molecule has 4 nitrogen and oxygen atoms in total. The zero-order chi connectivity index (χ0) is 16.8. The average Bonchev–Trinajstić information content (AvgIpc) is 2.61. The van der Waals surface area contributed by atoms with Crippen molar-refractivity contribution in [2.24, 2.45) is 5.92 Å². The van der Waals surface area contributed by atoms with E-state index < -0.39 is 0 Å². The van der Waals surface area contributed by atoms with E-state index in [1.54, 1.807) is 11.8 Å². The lowest BCUT2D eigenvalue weighted by molar-refractivity contribution is -0.135. The molecular formula is C18H26N2O2S. The van der Waals surface area contributed by atoms with E-state index in [-0.39, 0.29) is 23.8 Å². The largest absolute Gasteiger partial charge is 0.349 e. The number of thioether (sulfide) groups is 1. The van der Waals surface area contributed by atoms with Crippen molar-refractivity contribution in [1.82, 2.24) is 10.2 Å². The van der Waals surface area contributed by atoms with Crippen LogP contribution in [0.15, 0.2) is 29.2 Å². The lowest BCUT2D eigenvalue weighted by atomic mass is 9.96. The van der Waals surface area contributed by atoms with Crippen LogP contribution < -0.4 is 5.32 Å². The van der Waals surface area contributed by atoms with Gasteiger partial charge in [-0.2, -0.15) is 0 Å². The summed E-state index contributed by atoms with van der Waals surface area (Å²) in [6.45, 7) is 5.20. The Hall–Kier alpha value is -1.49. The Kier molecular flexibility index (Phi) is 6.51. The maximum absolute atomic E-state index is 12.5. The van der Waals surface area contributed by atoms with Crippen LogP contribution in [0.3, 0.4) is 0 Å². The summed E-state index contributed by atoms with van der Waals surface area (Å²) in [6.07, 6.45) is 4.32. The molecule has 0 aromatic heterocycles. The highest BCUT2D eigenvalue weighted by Crippen LogP contribution is 2.21. The number of likely N-dealkylation sites (tertiary alicyclic amines) is 1. The summed E-state index contributed by atoms with van der Waals surface area (Å²) < 4.78 is 0. The van der Waals surface area contributed by atoms with E-state index in [9.17, 15) is 9.59 Å². The van der Waals surface area contributed by atoms with Crippen LogP contribution in [-0.2, 0) is 9.59 Å². The van der Waals surface area contributed by atoms with Gasteiger partial charge in [-0.1, -0.05) is 19.1 Å². The molecule has 2 atom stereocenters. The van der Waals surface area contributed by atoms with Gasteiger partial charge in [0, 0.05) is 24.4 Å². The third kappa shape index (κ3) is 4.74. The van der Waals surface area contributed by atoms with Crippen LogP contribution in [0.4, 0.5) is 0 Å². The second-order valence-corrected chi connectivity index (χ2v) is 6.92. The fraction of sp³-hybridized carbons (Fsp3) is 0.556. The van der Waals surface area contributed by atoms with Gasteiger partial charge in [0.2, 0.25) is 11.8 Å². The smallest absolute Gasteiger partial charge is 0.225 e. The number of nitrogens with one attached hydrogen (secondary N) is 1. The van der Waals surface area contributed by atoms with E-state index >= 15 is 0 Å². The summed E-state index contributed by atoms with van der Waals surface area (Å²) >= 11 is 1.71. The number of amides is 2. The first-order valence-corrected chi connectivity index (χ1v) is 9.49. The molecule has 2 unspecified atom stereocenters. The number of carbonyl (C=O) groups is 2. The highest BCUT2D eigenvalue weighted by molar-refractivity contribution is 7.98. The molecule has 1 aromatic carbocycles. The van der Waals surface area contributed by atoms with Gasteiger partial charge in [0.05, 0.1) is 12.0 Å². The summed E-state index contributed by atoms with van der Waals surface area (Å²) in [6, 6.07) is 8.25. The average molecular weight is 334 g/mol. The van der Waals surface area contributed by atoms with Gasteiger partial charge in [-0.05, 0) is 43.7 Å². The Morgan fingerprint density at radius 1 is 1.35 bits per heavy atom. The lowest BCUT2D eigenvalue weighted by Crippen LogP contribution is -2.45. The fourth-order valence-corrected chi connectivity index (χ4v) is 3.36. The molecule has 1 N–H and O–H groups in total. The molecule has 0 saturated carbocycles. The number of hydrogen-bond acceptors (Lipinski definition) is 3. The Balaban J connectivity index is 1.93. The first kappa shape index (κ1) is 17.9. The Bertz CT molecular complexity index is 544. The van der Waals surface area contributed by atoms with E-state index in [2.05, 4.69) is 29.6 Å². The minimum Gasteiger partial charge on any atom is -0.349 e. The van der Waals surface area contributed by atoms with E-state index in [0.29, 0.717) is 13.0 Å². The number of nitrogens with zero attached hydrogens (tertiary/aromatic N) is 1. The van der Waals surface area contributed by atoms with Gasteiger partial charge in [-0.3, -0.25) is 9.59 Å². The molecule has 1 fully saturated rings. The van der Waals surface area contributed by atoms with Crippen LogP contribution in [0.5, 0.6) is 0 Å². The normalized spacial score (nSPS) is 19.3. The van der Waals surface area contributed by atoms with Gasteiger partial charge in [0.1, 0.15) is 0 Å². The van der Waals surface area contributed by atoms with E-state index in [1.165, 1.54) is 4.90 Å². The quantitative estimate of drug-likeness (QED) is 0.841. The summed E-state index contributed by atoms with van der Waals surface area (Å²) in [4.78, 5) is 27.4. The van der Waals surface area contributed by atoms with Crippen LogP contribution in [0, 0.1) is 5.92 Å². The summed E-state index contributed by atoms with van der Waals surface area (Å²) in [5.41, 5.74) is 1.11. The molecule has 0 spiro atoms. The molecule has 1 saturated heterocycles. The molecule has 1 aliphatic rings. The molecule has 1 aromatic rings. The summed E-state index contributed by atoms with van der Waals surface area (Å²) in [5.74, 6) is 0.107. The minimum absolute atomic E-state index is 0.0179. The fourth-order valence-electron chi connectivity index (χ4n) is 2.95. The van der Waals surface area contributed by atoms with Crippen molar-refractivity contribution in [2.75, 3.05) is 19.3 Å². The van der Waals surface area contributed by atoms with Crippen LogP contribution in [0.25, 0.3) is 0 Å². The van der Waals surface area contributed by atoms with Gasteiger partial charge < -0.3 is 10.2 Å². The Labute approximate surface area is 143 Å². The van der Waals surface area contributed by atoms with E-state index in [0.717, 1.165) is 24.9 Å². The Morgan fingerprint density at radius 2 is 2.04 bits per heavy atom. The molecule has 2 amide bonds. The zero-order valence-electron chi connectivity index (χ0n) is 14.2. The molecule has 5 heteroatoms. The van der Waals surface area contributed by atoms with Crippen molar-refractivity contribution < 1.29 is 9.59 Å². The van der Waals surface area contributed by atoms with Gasteiger partial charge in [0.25, 0.3) is 0 Å². The highest BCUT2D eigenvalue weighted by atomic mass is 32.2. The van der Waals surface area contributed by atoms with Crippen molar-refractivity contribution in [3.8, 4) is 0 Å². The van der Waals surface area contributed by atoms with Gasteiger partial charge in [-0.15, -0.1) is 11.8 Å². The van der Waals surface area contributed by atoms with Gasteiger partial charge >= 0.3 is 0 Å². The summed E-state index contributed by atoms with van der Waals surface area (Å²) in [5, 5.41) is 3.10. The number of carbonyl (C=O) groups excluding carboxylic acids is 2. The van der Waals surface area contributed by atoms with Crippen LogP contribution in [-0.4, -0.2) is 36.1 Å². The van der Waals surface area contributed by atoms with Crippen LogP contribution in [0.1, 0.15) is 44.7 Å². The second-order valence-electron chi connectivity index (χ2n) is 6.04. The molecule has 1 heterocycles. The van der Waals surface area contributed by atoms with E-state index in [4.69, 9.17) is 0 Å². The number of benzene rings is 1. The third-order valence-corrected chi connectivity index (χ3v) is 5.17. The molecular weight excluding hydrogens is 308 g/mol. The first-order chi connectivity index (χ1) is 11.0. The van der Waals surface area contributed by atoms with Crippen molar-refractivity contribution >= 4 is 23.6 Å².